The molecule has 0 aliphatic rings. The third-order valence-electron chi connectivity index (χ3n) is 1.55. The van der Waals surface area contributed by atoms with Crippen LogP contribution in [0.1, 0.15) is 40.5 Å². The van der Waals surface area contributed by atoms with Crippen molar-refractivity contribution in [3.8, 4) is 0 Å². The molecule has 0 heterocycles. The summed E-state index contributed by atoms with van der Waals surface area (Å²) in [6, 6.07) is 0.593. The largest absolute Gasteiger partial charge is 0.326 e. The van der Waals surface area contributed by atoms with Gasteiger partial charge in [0, 0.05) is 11.6 Å². The summed E-state index contributed by atoms with van der Waals surface area (Å²) in [6.45, 7) is 9.55. The first kappa shape index (κ1) is 10.9. The van der Waals surface area contributed by atoms with Gasteiger partial charge in [0.2, 0.25) is 0 Å². The second kappa shape index (κ2) is 4.73. The molecule has 0 aromatic rings. The molecule has 0 saturated heterocycles. The van der Waals surface area contributed by atoms with Crippen LogP contribution in [0.5, 0.6) is 0 Å². The van der Waals surface area contributed by atoms with Gasteiger partial charge >= 0.3 is 0 Å². The number of nitrogens with two attached hydrogens (primary N) is 1. The molecule has 0 rings (SSSR count). The van der Waals surface area contributed by atoms with Crippen LogP contribution in [0.15, 0.2) is 0 Å². The summed E-state index contributed by atoms with van der Waals surface area (Å²) in [5.74, 6) is 0. The Bertz CT molecular complexity index is 92.2. The molecule has 0 spiro atoms. The summed E-state index contributed by atoms with van der Waals surface area (Å²) < 4.78 is 0. The molecule has 0 atom stereocenters. The van der Waals surface area contributed by atoms with Crippen molar-refractivity contribution in [1.82, 2.24) is 5.32 Å². The maximum absolute atomic E-state index is 5.82. The molecule has 0 fully saturated rings. The number of nitrogens with one attached hydrogen (secondary N) is 1. The highest BCUT2D eigenvalue weighted by atomic mass is 14.9. The van der Waals surface area contributed by atoms with Crippen LogP contribution in [0.4, 0.5) is 0 Å². The van der Waals surface area contributed by atoms with Crippen molar-refractivity contribution in [2.24, 2.45) is 5.73 Å². The monoisotopic (exact) mass is 158 g/mol. The maximum atomic E-state index is 5.82. The molecule has 0 aromatic carbocycles. The van der Waals surface area contributed by atoms with Gasteiger partial charge in [0.25, 0.3) is 0 Å². The highest BCUT2D eigenvalue weighted by Crippen LogP contribution is 2.05. The molecule has 0 aliphatic carbocycles. The summed E-state index contributed by atoms with van der Waals surface area (Å²) in [5.41, 5.74) is 5.82. The smallest absolute Gasteiger partial charge is 0.00975 e. The van der Waals surface area contributed by atoms with Gasteiger partial charge in [0.05, 0.1) is 0 Å². The predicted octanol–water partition coefficient (Wildman–Crippen LogP) is 1.50. The molecular formula is C9H22N2. The first-order valence-electron chi connectivity index (χ1n) is 4.44. The summed E-state index contributed by atoms with van der Waals surface area (Å²) >= 11 is 0. The van der Waals surface area contributed by atoms with E-state index < -0.39 is 0 Å². The fourth-order valence-electron chi connectivity index (χ4n) is 0.935. The van der Waals surface area contributed by atoms with Crippen LogP contribution in [-0.2, 0) is 0 Å². The topological polar surface area (TPSA) is 38.0 Å². The van der Waals surface area contributed by atoms with Crippen molar-refractivity contribution >= 4 is 0 Å². The lowest BCUT2D eigenvalue weighted by molar-refractivity contribution is 0.440. The van der Waals surface area contributed by atoms with Gasteiger partial charge in [0.1, 0.15) is 0 Å². The lowest BCUT2D eigenvalue weighted by Crippen LogP contribution is -2.33. The van der Waals surface area contributed by atoms with Gasteiger partial charge in [-0.3, -0.25) is 0 Å². The highest BCUT2D eigenvalue weighted by molar-refractivity contribution is 4.71. The van der Waals surface area contributed by atoms with Crippen molar-refractivity contribution < 1.29 is 0 Å². The second-order valence-corrected chi connectivity index (χ2v) is 4.20. The number of hydrogen-bond donors (Lipinski definition) is 2. The lowest BCUT2D eigenvalue weighted by atomic mass is 10.0. The molecule has 2 nitrogen and oxygen atoms in total. The van der Waals surface area contributed by atoms with Crippen molar-refractivity contribution in [3.63, 3.8) is 0 Å². The van der Waals surface area contributed by atoms with Crippen molar-refractivity contribution in [3.05, 3.63) is 0 Å². The highest BCUT2D eigenvalue weighted by Gasteiger charge is 2.08. The summed E-state index contributed by atoms with van der Waals surface area (Å²) in [7, 11) is 0. The molecule has 11 heavy (non-hydrogen) atoms. The van der Waals surface area contributed by atoms with E-state index in [1.54, 1.807) is 0 Å². The molecule has 0 radical (unpaired) electrons. The second-order valence-electron chi connectivity index (χ2n) is 4.20. The Kier molecular flexibility index (Phi) is 4.69. The standard InChI is InChI=1S/C9H22N2/c1-8(2)11-7-5-6-9(3,4)10/h8,11H,5-7,10H2,1-4H3. The van der Waals surface area contributed by atoms with Crippen molar-refractivity contribution in [2.45, 2.75) is 52.1 Å². The van der Waals surface area contributed by atoms with Gasteiger partial charge in [-0.15, -0.1) is 0 Å². The van der Waals surface area contributed by atoms with E-state index in [0.29, 0.717) is 6.04 Å². The minimum atomic E-state index is -0.00133. The third kappa shape index (κ3) is 9.92. The molecule has 0 aliphatic heterocycles. The van der Waals surface area contributed by atoms with E-state index in [9.17, 15) is 0 Å². The molecule has 2 heteroatoms. The Labute approximate surface area is 70.5 Å². The van der Waals surface area contributed by atoms with E-state index in [1.165, 1.54) is 6.42 Å². The van der Waals surface area contributed by atoms with E-state index in [1.807, 2.05) is 0 Å². The Morgan fingerprint density at radius 3 is 2.27 bits per heavy atom. The van der Waals surface area contributed by atoms with E-state index >= 15 is 0 Å². The van der Waals surface area contributed by atoms with Gasteiger partial charge < -0.3 is 11.1 Å². The van der Waals surface area contributed by atoms with Gasteiger partial charge in [-0.1, -0.05) is 13.8 Å². The van der Waals surface area contributed by atoms with E-state index in [2.05, 4.69) is 33.0 Å². The van der Waals surface area contributed by atoms with Crippen LogP contribution in [-0.4, -0.2) is 18.1 Å². The lowest BCUT2D eigenvalue weighted by Gasteiger charge is -2.18. The van der Waals surface area contributed by atoms with E-state index in [-0.39, 0.29) is 5.54 Å². The summed E-state index contributed by atoms with van der Waals surface area (Å²) in [5, 5.41) is 3.36. The Morgan fingerprint density at radius 1 is 1.36 bits per heavy atom. The van der Waals surface area contributed by atoms with Gasteiger partial charge in [-0.05, 0) is 33.2 Å². The Balaban J connectivity index is 3.15. The van der Waals surface area contributed by atoms with Crippen LogP contribution in [0.25, 0.3) is 0 Å². The SMILES string of the molecule is CC(C)NCCCC(C)(C)N. The van der Waals surface area contributed by atoms with Gasteiger partial charge in [-0.25, -0.2) is 0 Å². The first-order chi connectivity index (χ1) is 4.92. The molecule has 3 N–H and O–H groups in total. The molecule has 0 aromatic heterocycles. The maximum Gasteiger partial charge on any atom is 0.00975 e. The molecule has 0 bridgehead atoms. The molecule has 0 amide bonds. The Morgan fingerprint density at radius 2 is 1.91 bits per heavy atom. The minimum absolute atomic E-state index is 0.00133. The van der Waals surface area contributed by atoms with E-state index in [0.717, 1.165) is 13.0 Å². The van der Waals surface area contributed by atoms with Crippen LogP contribution in [0, 0.1) is 0 Å². The van der Waals surface area contributed by atoms with Crippen molar-refractivity contribution in [1.29, 1.82) is 0 Å². The van der Waals surface area contributed by atoms with Gasteiger partial charge in [0.15, 0.2) is 0 Å². The van der Waals surface area contributed by atoms with Gasteiger partial charge in [-0.2, -0.15) is 0 Å². The molecule has 0 unspecified atom stereocenters. The zero-order valence-corrected chi connectivity index (χ0v) is 8.28. The average molecular weight is 158 g/mol. The number of hydrogen-bond acceptors (Lipinski definition) is 2. The molecule has 68 valence electrons. The minimum Gasteiger partial charge on any atom is -0.326 e. The number of rotatable bonds is 5. The fourth-order valence-corrected chi connectivity index (χ4v) is 0.935. The zero-order chi connectivity index (χ0) is 8.91. The summed E-state index contributed by atoms with van der Waals surface area (Å²) in [4.78, 5) is 0. The normalized spacial score (nSPS) is 12.5. The summed E-state index contributed by atoms with van der Waals surface area (Å²) in [6.07, 6.45) is 2.26. The predicted molar refractivity (Wildman–Crippen MR) is 50.6 cm³/mol. The first-order valence-corrected chi connectivity index (χ1v) is 4.44. The average Bonchev–Trinajstić information content (AvgIpc) is 1.78. The van der Waals surface area contributed by atoms with Crippen LogP contribution < -0.4 is 11.1 Å². The quantitative estimate of drug-likeness (QED) is 0.595. The fraction of sp³-hybridized carbons (Fsp3) is 1.00. The van der Waals surface area contributed by atoms with Crippen LogP contribution >= 0.6 is 0 Å². The van der Waals surface area contributed by atoms with Crippen molar-refractivity contribution in [2.75, 3.05) is 6.54 Å². The molecule has 0 saturated carbocycles. The molecular weight excluding hydrogens is 136 g/mol. The van der Waals surface area contributed by atoms with Crippen LogP contribution in [0.3, 0.4) is 0 Å². The van der Waals surface area contributed by atoms with Crippen LogP contribution in [0.2, 0.25) is 0 Å². The Hall–Kier alpha value is -0.0800. The third-order valence-corrected chi connectivity index (χ3v) is 1.55. The van der Waals surface area contributed by atoms with E-state index in [4.69, 9.17) is 5.73 Å². The zero-order valence-electron chi connectivity index (χ0n) is 8.28.